The van der Waals surface area contributed by atoms with Crippen LogP contribution in [0.15, 0.2) is 48.5 Å². The van der Waals surface area contributed by atoms with Crippen LogP contribution >= 0.6 is 0 Å². The molecule has 3 N–H and O–H groups in total. The molecule has 0 heterocycles. The number of nitrogens with two attached hydrogens (primary N) is 1. The minimum atomic E-state index is 0.666. The molecule has 0 radical (unpaired) electrons. The van der Waals surface area contributed by atoms with Crippen LogP contribution in [0.2, 0.25) is 0 Å². The molecule has 0 aromatic heterocycles. The Morgan fingerprint density at radius 3 is 2.53 bits per heavy atom. The van der Waals surface area contributed by atoms with Crippen molar-refractivity contribution in [1.29, 1.82) is 5.26 Å². The Morgan fingerprint density at radius 2 is 1.88 bits per heavy atom. The van der Waals surface area contributed by atoms with Gasteiger partial charge in [0.15, 0.2) is 0 Å². The second kappa shape index (κ2) is 5.04. The molecule has 0 aliphatic rings. The van der Waals surface area contributed by atoms with Crippen molar-refractivity contribution in [2.45, 2.75) is 6.54 Å². The van der Waals surface area contributed by atoms with Crippen LogP contribution in [0.5, 0.6) is 0 Å². The molecule has 2 rings (SSSR count). The van der Waals surface area contributed by atoms with Crippen LogP contribution in [-0.2, 0) is 6.54 Å². The molecule has 0 atom stereocenters. The molecule has 0 aliphatic carbocycles. The monoisotopic (exact) mass is 223 g/mol. The van der Waals surface area contributed by atoms with Crippen molar-refractivity contribution >= 4 is 11.4 Å². The van der Waals surface area contributed by atoms with E-state index in [4.69, 9.17) is 11.0 Å². The highest BCUT2D eigenvalue weighted by atomic mass is 14.9. The fourth-order valence-electron chi connectivity index (χ4n) is 1.57. The first kappa shape index (κ1) is 11.0. The van der Waals surface area contributed by atoms with E-state index in [0.29, 0.717) is 5.56 Å². The molecule has 2 aromatic rings. The average Bonchev–Trinajstić information content (AvgIpc) is 2.37. The fraction of sp³-hybridized carbons (Fsp3) is 0.0714. The lowest BCUT2D eigenvalue weighted by molar-refractivity contribution is 1.15. The maximum Gasteiger partial charge on any atom is 0.0991 e. The van der Waals surface area contributed by atoms with Gasteiger partial charge in [0.2, 0.25) is 0 Å². The summed E-state index contributed by atoms with van der Waals surface area (Å²) < 4.78 is 0. The van der Waals surface area contributed by atoms with Crippen molar-refractivity contribution < 1.29 is 0 Å². The zero-order chi connectivity index (χ0) is 12.1. The first-order valence-electron chi connectivity index (χ1n) is 5.36. The molecular weight excluding hydrogens is 210 g/mol. The number of nitriles is 1. The molecule has 0 aliphatic heterocycles. The third-order valence-corrected chi connectivity index (χ3v) is 2.46. The second-order valence-corrected chi connectivity index (χ2v) is 3.79. The van der Waals surface area contributed by atoms with Crippen molar-refractivity contribution in [3.63, 3.8) is 0 Å². The number of rotatable bonds is 3. The fourth-order valence-corrected chi connectivity index (χ4v) is 1.57. The van der Waals surface area contributed by atoms with E-state index in [9.17, 15) is 0 Å². The van der Waals surface area contributed by atoms with Crippen LogP contribution in [0, 0.1) is 11.3 Å². The van der Waals surface area contributed by atoms with Gasteiger partial charge in [0, 0.05) is 17.9 Å². The summed E-state index contributed by atoms with van der Waals surface area (Å²) in [6, 6.07) is 17.2. The molecule has 0 saturated carbocycles. The Morgan fingerprint density at radius 1 is 1.12 bits per heavy atom. The zero-order valence-electron chi connectivity index (χ0n) is 9.35. The average molecular weight is 223 g/mol. The Kier molecular flexibility index (Phi) is 3.27. The van der Waals surface area contributed by atoms with Gasteiger partial charge >= 0.3 is 0 Å². The Bertz CT molecular complexity index is 538. The van der Waals surface area contributed by atoms with Gasteiger partial charge in [-0.05, 0) is 42.0 Å². The van der Waals surface area contributed by atoms with Crippen LogP contribution < -0.4 is 11.1 Å². The van der Waals surface area contributed by atoms with Gasteiger partial charge < -0.3 is 11.1 Å². The normalized spacial score (nSPS) is 9.59. The second-order valence-electron chi connectivity index (χ2n) is 3.79. The van der Waals surface area contributed by atoms with Crippen LogP contribution in [-0.4, -0.2) is 0 Å². The summed E-state index contributed by atoms with van der Waals surface area (Å²) in [4.78, 5) is 0. The Balaban J connectivity index is 2.00. The first-order chi connectivity index (χ1) is 8.28. The van der Waals surface area contributed by atoms with Crippen molar-refractivity contribution in [2.75, 3.05) is 11.1 Å². The van der Waals surface area contributed by atoms with E-state index in [1.165, 1.54) is 0 Å². The summed E-state index contributed by atoms with van der Waals surface area (Å²) >= 11 is 0. The summed E-state index contributed by atoms with van der Waals surface area (Å²) in [7, 11) is 0. The van der Waals surface area contributed by atoms with Crippen molar-refractivity contribution in [1.82, 2.24) is 0 Å². The molecular formula is C14H13N3. The lowest BCUT2D eigenvalue weighted by Gasteiger charge is -2.07. The van der Waals surface area contributed by atoms with Gasteiger partial charge in [-0.1, -0.05) is 12.1 Å². The van der Waals surface area contributed by atoms with Crippen molar-refractivity contribution in [2.24, 2.45) is 0 Å². The number of hydrogen-bond donors (Lipinski definition) is 2. The molecule has 0 spiro atoms. The van der Waals surface area contributed by atoms with E-state index in [1.807, 2.05) is 36.4 Å². The van der Waals surface area contributed by atoms with Gasteiger partial charge in [0.05, 0.1) is 11.6 Å². The molecule has 0 bridgehead atoms. The molecule has 84 valence electrons. The summed E-state index contributed by atoms with van der Waals surface area (Å²) in [6.45, 7) is 0.719. The minimum absolute atomic E-state index is 0.666. The molecule has 3 heteroatoms. The maximum absolute atomic E-state index is 8.68. The van der Waals surface area contributed by atoms with E-state index < -0.39 is 0 Å². The summed E-state index contributed by atoms with van der Waals surface area (Å²) in [5, 5.41) is 12.0. The quantitative estimate of drug-likeness (QED) is 0.786. The Labute approximate surface area is 101 Å². The number of hydrogen-bond acceptors (Lipinski definition) is 3. The van der Waals surface area contributed by atoms with Crippen LogP contribution in [0.4, 0.5) is 11.4 Å². The van der Waals surface area contributed by atoms with Crippen molar-refractivity contribution in [3.05, 3.63) is 59.7 Å². The summed E-state index contributed by atoms with van der Waals surface area (Å²) in [5.74, 6) is 0. The SMILES string of the molecule is N#Cc1ccc(NCc2cccc(N)c2)cc1. The van der Waals surface area contributed by atoms with E-state index in [0.717, 1.165) is 23.5 Å². The highest BCUT2D eigenvalue weighted by Gasteiger charge is 1.95. The lowest BCUT2D eigenvalue weighted by atomic mass is 10.2. The maximum atomic E-state index is 8.68. The van der Waals surface area contributed by atoms with Crippen LogP contribution in [0.25, 0.3) is 0 Å². The minimum Gasteiger partial charge on any atom is -0.399 e. The number of nitrogens with zero attached hydrogens (tertiary/aromatic N) is 1. The third kappa shape index (κ3) is 2.99. The molecule has 0 unspecified atom stereocenters. The van der Waals surface area contributed by atoms with Crippen LogP contribution in [0.1, 0.15) is 11.1 Å². The van der Waals surface area contributed by atoms with Gasteiger partial charge in [0.1, 0.15) is 0 Å². The number of nitrogens with one attached hydrogen (secondary N) is 1. The standard InChI is InChI=1S/C14H13N3/c15-9-11-4-6-14(7-5-11)17-10-12-2-1-3-13(16)8-12/h1-8,17H,10,16H2. The predicted molar refractivity (Wildman–Crippen MR) is 69.3 cm³/mol. The first-order valence-corrected chi connectivity index (χ1v) is 5.36. The van der Waals surface area contributed by atoms with Gasteiger partial charge in [-0.15, -0.1) is 0 Å². The van der Waals surface area contributed by atoms with E-state index >= 15 is 0 Å². The van der Waals surface area contributed by atoms with Crippen molar-refractivity contribution in [3.8, 4) is 6.07 Å². The van der Waals surface area contributed by atoms with E-state index in [1.54, 1.807) is 12.1 Å². The molecule has 2 aromatic carbocycles. The van der Waals surface area contributed by atoms with E-state index in [2.05, 4.69) is 11.4 Å². The highest BCUT2D eigenvalue weighted by Crippen LogP contribution is 2.12. The molecule has 0 fully saturated rings. The number of benzene rings is 2. The number of nitrogen functional groups attached to an aromatic ring is 1. The predicted octanol–water partition coefficient (Wildman–Crippen LogP) is 2.75. The van der Waals surface area contributed by atoms with E-state index in [-0.39, 0.29) is 0 Å². The molecule has 0 amide bonds. The van der Waals surface area contributed by atoms with Gasteiger partial charge in [0.25, 0.3) is 0 Å². The van der Waals surface area contributed by atoms with Gasteiger partial charge in [-0.3, -0.25) is 0 Å². The third-order valence-electron chi connectivity index (χ3n) is 2.46. The van der Waals surface area contributed by atoms with Gasteiger partial charge in [-0.2, -0.15) is 5.26 Å². The summed E-state index contributed by atoms with van der Waals surface area (Å²) in [5.41, 5.74) is 9.26. The molecule has 0 saturated heterocycles. The molecule has 17 heavy (non-hydrogen) atoms. The highest BCUT2D eigenvalue weighted by molar-refractivity contribution is 5.48. The topological polar surface area (TPSA) is 61.8 Å². The Hall–Kier alpha value is -2.47. The largest absolute Gasteiger partial charge is 0.399 e. The lowest BCUT2D eigenvalue weighted by Crippen LogP contribution is -1.99. The van der Waals surface area contributed by atoms with Gasteiger partial charge in [-0.25, -0.2) is 0 Å². The number of anilines is 2. The smallest absolute Gasteiger partial charge is 0.0991 e. The van der Waals surface area contributed by atoms with Crippen LogP contribution in [0.3, 0.4) is 0 Å². The summed E-state index contributed by atoms with van der Waals surface area (Å²) in [6.07, 6.45) is 0. The molecule has 3 nitrogen and oxygen atoms in total. The zero-order valence-corrected chi connectivity index (χ0v) is 9.35.